The van der Waals surface area contributed by atoms with Crippen molar-refractivity contribution in [2.45, 2.75) is 25.1 Å². The molecule has 2 heterocycles. The highest BCUT2D eigenvalue weighted by molar-refractivity contribution is 6.10. The number of esters is 1. The van der Waals surface area contributed by atoms with Crippen LogP contribution in [0, 0.1) is 0 Å². The number of alkyl halides is 3. The highest BCUT2D eigenvalue weighted by Gasteiger charge is 2.38. The number of halogens is 3. The fraction of sp³-hybridized carbons (Fsp3) is 0.389. The topological polar surface area (TPSA) is 99.7 Å². The number of ketones is 1. The van der Waals surface area contributed by atoms with Gasteiger partial charge in [0.15, 0.2) is 5.78 Å². The Morgan fingerprint density at radius 3 is 2.54 bits per heavy atom. The smallest absolute Gasteiger partial charge is 0.475 e. The van der Waals surface area contributed by atoms with Crippen LogP contribution in [-0.2, 0) is 14.3 Å². The summed E-state index contributed by atoms with van der Waals surface area (Å²) in [6.45, 7) is 0.934. The SMILES string of the molecule is COC(=O)CN1CCCC1C(=O)c1c[nH]c2ccccc12.O=C(O)C(F)(F)F. The van der Waals surface area contributed by atoms with Crippen LogP contribution in [0.5, 0.6) is 0 Å². The van der Waals surface area contributed by atoms with E-state index in [0.29, 0.717) is 5.56 Å². The van der Waals surface area contributed by atoms with Gasteiger partial charge in [-0.3, -0.25) is 14.5 Å². The van der Waals surface area contributed by atoms with Crippen molar-refractivity contribution in [1.82, 2.24) is 9.88 Å². The van der Waals surface area contributed by atoms with Crippen molar-refractivity contribution in [1.29, 1.82) is 0 Å². The molecule has 1 saturated heterocycles. The lowest BCUT2D eigenvalue weighted by molar-refractivity contribution is -0.192. The van der Waals surface area contributed by atoms with Gasteiger partial charge in [-0.05, 0) is 25.5 Å². The van der Waals surface area contributed by atoms with E-state index in [9.17, 15) is 22.8 Å². The van der Waals surface area contributed by atoms with Gasteiger partial charge in [-0.25, -0.2) is 4.79 Å². The van der Waals surface area contributed by atoms with Crippen LogP contribution in [0.1, 0.15) is 23.2 Å². The summed E-state index contributed by atoms with van der Waals surface area (Å²) in [6, 6.07) is 7.52. The number of nitrogens with one attached hydrogen (secondary N) is 1. The van der Waals surface area contributed by atoms with E-state index in [1.807, 2.05) is 29.2 Å². The molecule has 1 aromatic heterocycles. The van der Waals surface area contributed by atoms with Crippen LogP contribution in [0.4, 0.5) is 13.2 Å². The summed E-state index contributed by atoms with van der Waals surface area (Å²) in [5, 5.41) is 8.06. The summed E-state index contributed by atoms with van der Waals surface area (Å²) in [6.07, 6.45) is -1.60. The maximum atomic E-state index is 12.8. The molecule has 0 aliphatic carbocycles. The first-order valence-corrected chi connectivity index (χ1v) is 8.36. The summed E-state index contributed by atoms with van der Waals surface area (Å²) in [7, 11) is 1.37. The molecule has 2 aromatic rings. The Morgan fingerprint density at radius 2 is 1.93 bits per heavy atom. The highest BCUT2D eigenvalue weighted by atomic mass is 19.4. The molecule has 28 heavy (non-hydrogen) atoms. The fourth-order valence-corrected chi connectivity index (χ4v) is 3.00. The van der Waals surface area contributed by atoms with Gasteiger partial charge in [-0.15, -0.1) is 0 Å². The quantitative estimate of drug-likeness (QED) is 0.605. The Balaban J connectivity index is 0.000000345. The molecule has 0 amide bonds. The number of hydrogen-bond donors (Lipinski definition) is 2. The first-order valence-electron chi connectivity index (χ1n) is 8.36. The van der Waals surface area contributed by atoms with Crippen molar-refractivity contribution in [3.8, 4) is 0 Å². The van der Waals surface area contributed by atoms with E-state index in [-0.39, 0.29) is 24.3 Å². The Bertz CT molecular complexity index is 862. The molecule has 1 aromatic carbocycles. The molecule has 1 unspecified atom stereocenters. The minimum absolute atomic E-state index is 0.0776. The maximum absolute atomic E-state index is 12.8. The zero-order valence-corrected chi connectivity index (χ0v) is 15.0. The average molecular weight is 400 g/mol. The molecular weight excluding hydrogens is 381 g/mol. The lowest BCUT2D eigenvalue weighted by Crippen LogP contribution is -2.39. The fourth-order valence-electron chi connectivity index (χ4n) is 3.00. The maximum Gasteiger partial charge on any atom is 0.490 e. The number of para-hydroxylation sites is 1. The number of benzene rings is 1. The molecule has 1 fully saturated rings. The number of carbonyl (C=O) groups excluding carboxylic acids is 2. The van der Waals surface area contributed by atoms with Gasteiger partial charge in [0.25, 0.3) is 0 Å². The van der Waals surface area contributed by atoms with Crippen LogP contribution in [0.2, 0.25) is 0 Å². The van der Waals surface area contributed by atoms with Gasteiger partial charge >= 0.3 is 18.1 Å². The molecule has 10 heteroatoms. The monoisotopic (exact) mass is 400 g/mol. The number of likely N-dealkylation sites (tertiary alicyclic amines) is 1. The molecule has 0 radical (unpaired) electrons. The lowest BCUT2D eigenvalue weighted by Gasteiger charge is -2.21. The Morgan fingerprint density at radius 1 is 1.29 bits per heavy atom. The number of nitrogens with zero attached hydrogens (tertiary/aromatic N) is 1. The number of H-pyrrole nitrogens is 1. The number of rotatable bonds is 4. The third-order valence-electron chi connectivity index (χ3n) is 4.32. The summed E-state index contributed by atoms with van der Waals surface area (Å²) in [5.41, 5.74) is 1.66. The second kappa shape index (κ2) is 8.87. The van der Waals surface area contributed by atoms with Crippen LogP contribution in [0.15, 0.2) is 30.5 Å². The Labute approximate surface area is 158 Å². The molecule has 2 N–H and O–H groups in total. The predicted molar refractivity (Wildman–Crippen MR) is 92.9 cm³/mol. The van der Waals surface area contributed by atoms with E-state index in [4.69, 9.17) is 14.6 Å². The number of hydrogen-bond acceptors (Lipinski definition) is 5. The molecule has 7 nitrogen and oxygen atoms in total. The Hall–Kier alpha value is -2.88. The largest absolute Gasteiger partial charge is 0.490 e. The van der Waals surface area contributed by atoms with Gasteiger partial charge in [0.05, 0.1) is 19.7 Å². The molecule has 1 aliphatic heterocycles. The van der Waals surface area contributed by atoms with E-state index < -0.39 is 12.1 Å². The van der Waals surface area contributed by atoms with E-state index in [0.717, 1.165) is 30.3 Å². The normalized spacial score (nSPS) is 17.1. The number of aliphatic carboxylic acids is 1. The van der Waals surface area contributed by atoms with E-state index in [1.165, 1.54) is 7.11 Å². The number of aromatic amines is 1. The molecule has 3 rings (SSSR count). The number of fused-ring (bicyclic) bond motifs is 1. The zero-order valence-electron chi connectivity index (χ0n) is 15.0. The van der Waals surface area contributed by atoms with Gasteiger partial charge in [0.1, 0.15) is 0 Å². The highest BCUT2D eigenvalue weighted by Crippen LogP contribution is 2.25. The van der Waals surface area contributed by atoms with Crippen molar-refractivity contribution < 1.29 is 37.4 Å². The third kappa shape index (κ3) is 5.10. The van der Waals surface area contributed by atoms with Crippen LogP contribution < -0.4 is 0 Å². The van der Waals surface area contributed by atoms with E-state index in [2.05, 4.69) is 4.98 Å². The number of ether oxygens (including phenoxy) is 1. The molecule has 152 valence electrons. The third-order valence-corrected chi connectivity index (χ3v) is 4.32. The van der Waals surface area contributed by atoms with E-state index >= 15 is 0 Å². The van der Waals surface area contributed by atoms with Crippen molar-refractivity contribution in [2.75, 3.05) is 20.2 Å². The van der Waals surface area contributed by atoms with Crippen molar-refractivity contribution in [3.63, 3.8) is 0 Å². The summed E-state index contributed by atoms with van der Waals surface area (Å²) in [4.78, 5) is 38.2. The van der Waals surface area contributed by atoms with Gasteiger partial charge in [0, 0.05) is 22.7 Å². The van der Waals surface area contributed by atoms with Crippen molar-refractivity contribution in [2.24, 2.45) is 0 Å². The number of aromatic nitrogens is 1. The summed E-state index contributed by atoms with van der Waals surface area (Å²) in [5.74, 6) is -2.98. The second-order valence-electron chi connectivity index (χ2n) is 6.12. The van der Waals surface area contributed by atoms with Crippen LogP contribution >= 0.6 is 0 Å². The Kier molecular flexibility index (Phi) is 6.79. The predicted octanol–water partition coefficient (Wildman–Crippen LogP) is 2.62. The molecule has 0 saturated carbocycles. The molecule has 0 bridgehead atoms. The number of carbonyl (C=O) groups is 3. The molecule has 0 spiro atoms. The lowest BCUT2D eigenvalue weighted by atomic mass is 10.0. The van der Waals surface area contributed by atoms with Crippen LogP contribution in [0.25, 0.3) is 10.9 Å². The van der Waals surface area contributed by atoms with Gasteiger partial charge in [-0.1, -0.05) is 18.2 Å². The summed E-state index contributed by atoms with van der Waals surface area (Å²) < 4.78 is 36.4. The minimum atomic E-state index is -5.08. The first kappa shape index (κ1) is 21.4. The first-order chi connectivity index (χ1) is 13.1. The second-order valence-corrected chi connectivity index (χ2v) is 6.12. The molecule has 1 aliphatic rings. The zero-order chi connectivity index (χ0) is 20.9. The number of Topliss-reactive ketones (excluding diaryl/α,β-unsaturated/α-hetero) is 1. The van der Waals surface area contributed by atoms with Crippen molar-refractivity contribution in [3.05, 3.63) is 36.0 Å². The average Bonchev–Trinajstić information content (AvgIpc) is 3.27. The molecular formula is C18H19F3N2O5. The van der Waals surface area contributed by atoms with Gasteiger partial charge in [-0.2, -0.15) is 13.2 Å². The summed E-state index contributed by atoms with van der Waals surface area (Å²) >= 11 is 0. The standard InChI is InChI=1S/C16H18N2O3.C2HF3O2/c1-21-15(19)10-18-8-4-7-14(18)16(20)12-9-17-13-6-3-2-5-11(12)13;3-2(4,5)1(6)7/h2-3,5-6,9,14,17H,4,7-8,10H2,1H3;(H,6,7). The van der Waals surface area contributed by atoms with E-state index in [1.54, 1.807) is 6.20 Å². The number of methoxy groups -OCH3 is 1. The van der Waals surface area contributed by atoms with Crippen molar-refractivity contribution >= 4 is 28.6 Å². The minimum Gasteiger partial charge on any atom is -0.475 e. The van der Waals surface area contributed by atoms with Crippen LogP contribution in [0.3, 0.4) is 0 Å². The number of carboxylic acids is 1. The van der Waals surface area contributed by atoms with Crippen LogP contribution in [-0.4, -0.2) is 65.1 Å². The van der Waals surface area contributed by atoms with Gasteiger partial charge in [0.2, 0.25) is 0 Å². The molecule has 1 atom stereocenters. The number of carboxylic acid groups (broad SMARTS) is 1. The van der Waals surface area contributed by atoms with Gasteiger partial charge < -0.3 is 14.8 Å².